The Bertz CT molecular complexity index is 1310. The van der Waals surface area contributed by atoms with Crippen molar-refractivity contribution in [3.8, 4) is 0 Å². The summed E-state index contributed by atoms with van der Waals surface area (Å²) in [6.07, 6.45) is 3.13. The second-order valence-corrected chi connectivity index (χ2v) is 8.86. The summed E-state index contributed by atoms with van der Waals surface area (Å²) in [5.74, 6) is -0.00185. The number of carbonyl (C=O) groups excluding carboxylic acids is 1. The van der Waals surface area contributed by atoms with E-state index in [0.717, 1.165) is 63.5 Å². The highest BCUT2D eigenvalue weighted by Crippen LogP contribution is 2.34. The number of nitrogens with zero attached hydrogens (tertiary/aromatic N) is 2. The highest BCUT2D eigenvalue weighted by atomic mass is 79.9. The largest absolute Gasteiger partial charge is 0.326 e. The predicted octanol–water partition coefficient (Wildman–Crippen LogP) is 4.65. The van der Waals surface area contributed by atoms with Crippen LogP contribution in [-0.2, 0) is 4.79 Å². The summed E-state index contributed by atoms with van der Waals surface area (Å²) in [6, 6.07) is 11.7. The summed E-state index contributed by atoms with van der Waals surface area (Å²) in [5.41, 5.74) is 4.31. The molecule has 0 atom stereocenters. The minimum absolute atomic E-state index is 0.0444. The van der Waals surface area contributed by atoms with Gasteiger partial charge in [-0.3, -0.25) is 14.5 Å². The monoisotopic (exact) mass is 467 g/mol. The Kier molecular flexibility index (Phi) is 4.73. The van der Waals surface area contributed by atoms with Crippen molar-refractivity contribution in [2.24, 2.45) is 5.92 Å². The van der Waals surface area contributed by atoms with Crippen molar-refractivity contribution in [1.82, 2.24) is 19.7 Å². The molecular formula is C22H22BrN5O2. The van der Waals surface area contributed by atoms with Crippen LogP contribution in [-0.4, -0.2) is 25.7 Å². The molecule has 2 aromatic carbocycles. The molecule has 0 saturated heterocycles. The highest BCUT2D eigenvalue weighted by Gasteiger charge is 2.29. The van der Waals surface area contributed by atoms with Gasteiger partial charge in [-0.15, -0.1) is 0 Å². The van der Waals surface area contributed by atoms with Gasteiger partial charge in [-0.2, -0.15) is 5.10 Å². The number of aryl methyl sites for hydroxylation is 1. The lowest BCUT2D eigenvalue weighted by molar-refractivity contribution is -0.121. The first kappa shape index (κ1) is 19.1. The maximum absolute atomic E-state index is 12.8. The number of H-pyrrole nitrogens is 2. The van der Waals surface area contributed by atoms with E-state index >= 15 is 0 Å². The second kappa shape index (κ2) is 7.43. The number of hydrogen-bond acceptors (Lipinski definition) is 3. The van der Waals surface area contributed by atoms with Crippen LogP contribution in [0.4, 0.5) is 5.69 Å². The summed E-state index contributed by atoms with van der Waals surface area (Å²) >= 11 is 3.50. The SMILES string of the molecule is Cc1[nH]nc2ccc(NC(=O)C3CCC(n4c(=O)[nH]c5c(Br)cccc54)CC3)cc12. The molecule has 0 spiro atoms. The topological polar surface area (TPSA) is 95.6 Å². The maximum Gasteiger partial charge on any atom is 0.326 e. The van der Waals surface area contributed by atoms with E-state index in [1.807, 2.05) is 47.9 Å². The van der Waals surface area contributed by atoms with Crippen LogP contribution in [0, 0.1) is 12.8 Å². The number of rotatable bonds is 3. The molecule has 7 nitrogen and oxygen atoms in total. The van der Waals surface area contributed by atoms with Crippen molar-refractivity contribution in [2.75, 3.05) is 5.32 Å². The lowest BCUT2D eigenvalue weighted by Gasteiger charge is -2.28. The van der Waals surface area contributed by atoms with E-state index in [9.17, 15) is 9.59 Å². The van der Waals surface area contributed by atoms with E-state index in [1.54, 1.807) is 0 Å². The molecule has 2 heterocycles. The predicted molar refractivity (Wildman–Crippen MR) is 121 cm³/mol. The van der Waals surface area contributed by atoms with Crippen molar-refractivity contribution < 1.29 is 4.79 Å². The van der Waals surface area contributed by atoms with E-state index in [1.165, 1.54) is 0 Å². The number of halogens is 1. The maximum atomic E-state index is 12.8. The molecule has 1 aliphatic carbocycles. The molecule has 1 aliphatic rings. The smallest absolute Gasteiger partial charge is 0.326 e. The number of para-hydroxylation sites is 1. The van der Waals surface area contributed by atoms with E-state index in [-0.39, 0.29) is 23.6 Å². The molecule has 0 radical (unpaired) electrons. The molecule has 1 amide bonds. The summed E-state index contributed by atoms with van der Waals surface area (Å²) in [4.78, 5) is 28.3. The first-order chi connectivity index (χ1) is 14.5. The number of anilines is 1. The number of nitrogens with one attached hydrogen (secondary N) is 3. The second-order valence-electron chi connectivity index (χ2n) is 8.01. The fourth-order valence-corrected chi connectivity index (χ4v) is 4.99. The van der Waals surface area contributed by atoms with Gasteiger partial charge < -0.3 is 10.3 Å². The van der Waals surface area contributed by atoms with Gasteiger partial charge in [-0.25, -0.2) is 4.79 Å². The Morgan fingerprint density at radius 2 is 2.00 bits per heavy atom. The molecule has 4 aromatic rings. The molecule has 1 fully saturated rings. The van der Waals surface area contributed by atoms with Crippen LogP contribution in [0.5, 0.6) is 0 Å². The molecule has 0 aliphatic heterocycles. The lowest BCUT2D eigenvalue weighted by atomic mass is 9.85. The normalized spacial score (nSPS) is 19.4. The molecule has 0 bridgehead atoms. The van der Waals surface area contributed by atoms with Crippen molar-refractivity contribution >= 4 is 49.5 Å². The third kappa shape index (κ3) is 3.25. The number of fused-ring (bicyclic) bond motifs is 2. The van der Waals surface area contributed by atoms with Crippen LogP contribution in [0.15, 0.2) is 45.7 Å². The number of imidazole rings is 1. The zero-order chi connectivity index (χ0) is 20.8. The van der Waals surface area contributed by atoms with Gasteiger partial charge in [-0.1, -0.05) is 6.07 Å². The first-order valence-electron chi connectivity index (χ1n) is 10.2. The number of carbonyl (C=O) groups is 1. The van der Waals surface area contributed by atoms with Crippen molar-refractivity contribution in [3.63, 3.8) is 0 Å². The molecule has 154 valence electrons. The quantitative estimate of drug-likeness (QED) is 0.409. The van der Waals surface area contributed by atoms with Gasteiger partial charge in [0.1, 0.15) is 0 Å². The van der Waals surface area contributed by atoms with Crippen molar-refractivity contribution in [1.29, 1.82) is 0 Å². The Hall–Kier alpha value is -2.87. The van der Waals surface area contributed by atoms with Crippen LogP contribution >= 0.6 is 15.9 Å². The molecule has 0 unspecified atom stereocenters. The van der Waals surface area contributed by atoms with Crippen LogP contribution in [0.3, 0.4) is 0 Å². The number of aromatic nitrogens is 4. The van der Waals surface area contributed by atoms with Crippen LogP contribution in [0.2, 0.25) is 0 Å². The standard InChI is InChI=1S/C22H22BrN5O2/c1-12-16-11-14(7-10-18(16)27-26-12)24-21(29)13-5-8-15(9-6-13)28-19-4-2-3-17(23)20(19)25-22(28)30/h2-4,7,10-11,13,15H,5-6,8-9H2,1H3,(H,24,29)(H,25,30)(H,26,27). The van der Waals surface area contributed by atoms with Crippen molar-refractivity contribution in [2.45, 2.75) is 38.6 Å². The molecule has 30 heavy (non-hydrogen) atoms. The van der Waals surface area contributed by atoms with Crippen molar-refractivity contribution in [3.05, 3.63) is 57.0 Å². The average Bonchev–Trinajstić information content (AvgIpc) is 3.28. The Morgan fingerprint density at radius 1 is 1.20 bits per heavy atom. The van der Waals surface area contributed by atoms with Gasteiger partial charge in [0.25, 0.3) is 0 Å². The van der Waals surface area contributed by atoms with E-state index in [4.69, 9.17) is 0 Å². The zero-order valence-electron chi connectivity index (χ0n) is 16.5. The van der Waals surface area contributed by atoms with Gasteiger partial charge in [-0.05, 0) is 78.9 Å². The highest BCUT2D eigenvalue weighted by molar-refractivity contribution is 9.10. The Morgan fingerprint density at radius 3 is 2.80 bits per heavy atom. The van der Waals surface area contributed by atoms with E-state index < -0.39 is 0 Å². The van der Waals surface area contributed by atoms with E-state index in [2.05, 4.69) is 36.4 Å². The molecule has 8 heteroatoms. The summed E-state index contributed by atoms with van der Waals surface area (Å²) in [7, 11) is 0. The Balaban J connectivity index is 1.29. The van der Waals surface area contributed by atoms with E-state index in [0.29, 0.717) is 0 Å². The number of aromatic amines is 2. The average molecular weight is 468 g/mol. The fourth-order valence-electron chi connectivity index (χ4n) is 4.53. The third-order valence-electron chi connectivity index (χ3n) is 6.15. The fraction of sp³-hybridized carbons (Fsp3) is 0.318. The van der Waals surface area contributed by atoms with Gasteiger partial charge in [0.2, 0.25) is 5.91 Å². The minimum Gasteiger partial charge on any atom is -0.326 e. The molecular weight excluding hydrogens is 446 g/mol. The summed E-state index contributed by atoms with van der Waals surface area (Å²) in [5, 5.41) is 11.3. The van der Waals surface area contributed by atoms with Crippen LogP contribution in [0.25, 0.3) is 21.9 Å². The Labute approximate surface area is 181 Å². The summed E-state index contributed by atoms with van der Waals surface area (Å²) < 4.78 is 2.73. The lowest BCUT2D eigenvalue weighted by Crippen LogP contribution is -2.31. The van der Waals surface area contributed by atoms with Gasteiger partial charge in [0, 0.05) is 33.2 Å². The number of hydrogen-bond donors (Lipinski definition) is 3. The minimum atomic E-state index is -0.0893. The van der Waals surface area contributed by atoms with Crippen LogP contribution in [0.1, 0.15) is 37.4 Å². The van der Waals surface area contributed by atoms with Gasteiger partial charge >= 0.3 is 5.69 Å². The molecule has 1 saturated carbocycles. The first-order valence-corrected chi connectivity index (χ1v) is 10.9. The molecule has 5 rings (SSSR count). The molecule has 3 N–H and O–H groups in total. The third-order valence-corrected chi connectivity index (χ3v) is 6.81. The van der Waals surface area contributed by atoms with Crippen LogP contribution < -0.4 is 11.0 Å². The summed E-state index contributed by atoms with van der Waals surface area (Å²) in [6.45, 7) is 1.97. The molecule has 2 aromatic heterocycles. The number of benzene rings is 2. The number of amides is 1. The van der Waals surface area contributed by atoms with Gasteiger partial charge in [0.05, 0.1) is 16.6 Å². The van der Waals surface area contributed by atoms with Gasteiger partial charge in [0.15, 0.2) is 0 Å². The zero-order valence-corrected chi connectivity index (χ0v) is 18.1.